The van der Waals surface area contributed by atoms with Gasteiger partial charge < -0.3 is 33.2 Å². The van der Waals surface area contributed by atoms with Gasteiger partial charge in [0.05, 0.1) is 43.1 Å². The van der Waals surface area contributed by atoms with Gasteiger partial charge in [-0.25, -0.2) is 24.0 Å². The number of esters is 5. The molecule has 0 spiro atoms. The van der Waals surface area contributed by atoms with Gasteiger partial charge >= 0.3 is 29.8 Å². The lowest BCUT2D eigenvalue weighted by Crippen LogP contribution is -2.11. The molecule has 4 aromatic rings. The lowest BCUT2D eigenvalue weighted by molar-refractivity contribution is -0.138. The van der Waals surface area contributed by atoms with E-state index in [0.717, 1.165) is 12.2 Å². The maximum absolute atomic E-state index is 12.8. The van der Waals surface area contributed by atoms with Crippen LogP contribution in [0.25, 0.3) is 0 Å². The molecule has 12 heteroatoms. The molecule has 0 N–H and O–H groups in total. The van der Waals surface area contributed by atoms with Crippen molar-refractivity contribution >= 4 is 29.8 Å². The molecular weight excluding hydrogens is 696 g/mol. The number of hydrogen-bond donors (Lipinski definition) is 0. The van der Waals surface area contributed by atoms with Crippen LogP contribution in [-0.2, 0) is 19.1 Å². The van der Waals surface area contributed by atoms with E-state index in [9.17, 15) is 24.0 Å². The summed E-state index contributed by atoms with van der Waals surface area (Å²) in [5, 5.41) is 0. The van der Waals surface area contributed by atoms with Gasteiger partial charge in [-0.05, 0) is 129 Å². The number of carbonyl (C=O) groups is 5. The Labute approximate surface area is 312 Å². The van der Waals surface area contributed by atoms with Gasteiger partial charge in [0.2, 0.25) is 0 Å². The standard InChI is InChI=1S/C42H40O12/c1-4-38(43)50-26-8-6-24-48-33-16-10-30(11-17-33)40(45)52-35-20-14-31(15-21-35)41(46)53-36-22-23-37(29(3)28-36)54-42(47)32-12-18-34(19-13-32)49-25-7-9-27-51-39(44)5-2/h4-5,10-23,28H,1-2,6-9,24-27H2,3H3. The van der Waals surface area contributed by atoms with E-state index in [1.165, 1.54) is 36.4 Å². The summed E-state index contributed by atoms with van der Waals surface area (Å²) < 4.78 is 37.7. The monoisotopic (exact) mass is 736 g/mol. The lowest BCUT2D eigenvalue weighted by Gasteiger charge is -2.11. The molecule has 0 unspecified atom stereocenters. The second-order valence-corrected chi connectivity index (χ2v) is 11.5. The number of rotatable bonds is 20. The minimum atomic E-state index is -0.635. The van der Waals surface area contributed by atoms with Gasteiger partial charge in [-0.2, -0.15) is 0 Å². The Hall–Kier alpha value is -6.69. The Morgan fingerprint density at radius 3 is 1.28 bits per heavy atom. The zero-order chi connectivity index (χ0) is 38.7. The molecule has 0 aliphatic rings. The second-order valence-electron chi connectivity index (χ2n) is 11.5. The van der Waals surface area contributed by atoms with Gasteiger partial charge in [0.15, 0.2) is 0 Å². The van der Waals surface area contributed by atoms with Crippen LogP contribution < -0.4 is 23.7 Å². The van der Waals surface area contributed by atoms with Crippen molar-refractivity contribution in [1.82, 2.24) is 0 Å². The van der Waals surface area contributed by atoms with Crippen molar-refractivity contribution in [2.45, 2.75) is 32.6 Å². The highest BCUT2D eigenvalue weighted by Crippen LogP contribution is 2.26. The van der Waals surface area contributed by atoms with Crippen molar-refractivity contribution < 1.29 is 57.1 Å². The smallest absolute Gasteiger partial charge is 0.343 e. The van der Waals surface area contributed by atoms with E-state index in [4.69, 9.17) is 33.2 Å². The van der Waals surface area contributed by atoms with Gasteiger partial charge in [-0.1, -0.05) is 13.2 Å². The van der Waals surface area contributed by atoms with Crippen LogP contribution in [0.15, 0.2) is 116 Å². The molecule has 4 aromatic carbocycles. The predicted molar refractivity (Wildman–Crippen MR) is 197 cm³/mol. The van der Waals surface area contributed by atoms with Crippen LogP contribution in [0.3, 0.4) is 0 Å². The highest BCUT2D eigenvalue weighted by Gasteiger charge is 2.15. The third-order valence-corrected chi connectivity index (χ3v) is 7.48. The quantitative estimate of drug-likeness (QED) is 0.0384. The summed E-state index contributed by atoms with van der Waals surface area (Å²) in [6.45, 7) is 9.81. The molecule has 0 heterocycles. The minimum Gasteiger partial charge on any atom is -0.494 e. The SMILES string of the molecule is C=CC(=O)OCCCCOc1ccc(C(=O)Oc2ccc(C(=O)Oc3ccc(OC(=O)c4ccc(OCCCCOC(=O)C=C)cc4)c(C)c3)cc2)cc1. The molecular formula is C42H40O12. The summed E-state index contributed by atoms with van der Waals surface area (Å²) in [5.41, 5.74) is 1.42. The van der Waals surface area contributed by atoms with Gasteiger partial charge in [-0.3, -0.25) is 0 Å². The lowest BCUT2D eigenvalue weighted by atomic mass is 10.2. The molecule has 0 saturated heterocycles. The fourth-order valence-corrected chi connectivity index (χ4v) is 4.58. The van der Waals surface area contributed by atoms with Crippen molar-refractivity contribution in [3.05, 3.63) is 139 Å². The van der Waals surface area contributed by atoms with E-state index in [1.54, 1.807) is 61.5 Å². The largest absolute Gasteiger partial charge is 0.494 e. The Morgan fingerprint density at radius 1 is 0.481 bits per heavy atom. The van der Waals surface area contributed by atoms with Crippen molar-refractivity contribution in [2.24, 2.45) is 0 Å². The number of aryl methyl sites for hydroxylation is 1. The molecule has 4 rings (SSSR count). The zero-order valence-electron chi connectivity index (χ0n) is 29.8. The fourth-order valence-electron chi connectivity index (χ4n) is 4.58. The van der Waals surface area contributed by atoms with E-state index >= 15 is 0 Å². The summed E-state index contributed by atoms with van der Waals surface area (Å²) in [5.74, 6) is -0.776. The number of benzene rings is 4. The Kier molecular flexibility index (Phi) is 15.6. The highest BCUT2D eigenvalue weighted by molar-refractivity contribution is 5.93. The molecule has 0 fully saturated rings. The summed E-state index contributed by atoms with van der Waals surface area (Å²) >= 11 is 0. The van der Waals surface area contributed by atoms with Crippen molar-refractivity contribution in [2.75, 3.05) is 26.4 Å². The van der Waals surface area contributed by atoms with Crippen molar-refractivity contribution in [3.8, 4) is 28.7 Å². The number of unbranched alkanes of at least 4 members (excludes halogenated alkanes) is 2. The number of ether oxygens (including phenoxy) is 7. The van der Waals surface area contributed by atoms with Crippen LogP contribution in [0.1, 0.15) is 62.3 Å². The number of hydrogen-bond acceptors (Lipinski definition) is 12. The van der Waals surface area contributed by atoms with Gasteiger partial charge in [0, 0.05) is 12.2 Å². The highest BCUT2D eigenvalue weighted by atomic mass is 16.6. The first kappa shape index (κ1) is 40.1. The molecule has 0 amide bonds. The summed E-state index contributed by atoms with van der Waals surface area (Å²) in [4.78, 5) is 60.3. The van der Waals surface area contributed by atoms with E-state index in [-0.39, 0.29) is 30.3 Å². The molecule has 0 radical (unpaired) electrons. The molecule has 0 saturated carbocycles. The maximum atomic E-state index is 12.8. The number of carbonyl (C=O) groups excluding carboxylic acids is 5. The average molecular weight is 737 g/mol. The van der Waals surface area contributed by atoms with Gasteiger partial charge in [-0.15, -0.1) is 0 Å². The molecule has 0 atom stereocenters. The second kappa shape index (κ2) is 21.0. The van der Waals surface area contributed by atoms with Gasteiger partial charge in [0.1, 0.15) is 28.7 Å². The Bertz CT molecular complexity index is 1910. The molecule has 0 aromatic heterocycles. The molecule has 12 nitrogen and oxygen atoms in total. The molecule has 54 heavy (non-hydrogen) atoms. The minimum absolute atomic E-state index is 0.227. The van der Waals surface area contributed by atoms with E-state index in [2.05, 4.69) is 13.2 Å². The fraction of sp³-hybridized carbons (Fsp3) is 0.214. The molecule has 0 aliphatic heterocycles. The first-order chi connectivity index (χ1) is 26.1. The van der Waals surface area contributed by atoms with E-state index < -0.39 is 29.8 Å². The van der Waals surface area contributed by atoms with Crippen molar-refractivity contribution in [1.29, 1.82) is 0 Å². The van der Waals surface area contributed by atoms with Gasteiger partial charge in [0.25, 0.3) is 0 Å². The van der Waals surface area contributed by atoms with Crippen molar-refractivity contribution in [3.63, 3.8) is 0 Å². The van der Waals surface area contributed by atoms with Crippen LogP contribution in [0.5, 0.6) is 28.7 Å². The normalized spacial score (nSPS) is 10.3. The summed E-state index contributed by atoms with van der Waals surface area (Å²) in [7, 11) is 0. The van der Waals surface area contributed by atoms with E-state index in [0.29, 0.717) is 72.8 Å². The third-order valence-electron chi connectivity index (χ3n) is 7.48. The zero-order valence-corrected chi connectivity index (χ0v) is 29.8. The molecule has 280 valence electrons. The summed E-state index contributed by atoms with van der Waals surface area (Å²) in [6, 6.07) is 23.5. The molecule has 0 aliphatic carbocycles. The third kappa shape index (κ3) is 13.1. The maximum Gasteiger partial charge on any atom is 0.343 e. The first-order valence-electron chi connectivity index (χ1n) is 17.1. The first-order valence-corrected chi connectivity index (χ1v) is 17.1. The topological polar surface area (TPSA) is 150 Å². The Morgan fingerprint density at radius 2 is 0.852 bits per heavy atom. The van der Waals surface area contributed by atoms with E-state index in [1.807, 2.05) is 0 Å². The molecule has 0 bridgehead atoms. The predicted octanol–water partition coefficient (Wildman–Crippen LogP) is 7.43. The van der Waals surface area contributed by atoms with Crippen LogP contribution >= 0.6 is 0 Å². The average Bonchev–Trinajstić information content (AvgIpc) is 3.18. The Balaban J connectivity index is 1.19. The van der Waals surface area contributed by atoms with Crippen LogP contribution in [0.4, 0.5) is 0 Å². The summed E-state index contributed by atoms with van der Waals surface area (Å²) in [6.07, 6.45) is 4.88. The van der Waals surface area contributed by atoms with Crippen LogP contribution in [0, 0.1) is 6.92 Å². The van der Waals surface area contributed by atoms with Crippen LogP contribution in [-0.4, -0.2) is 56.3 Å². The van der Waals surface area contributed by atoms with Crippen LogP contribution in [0.2, 0.25) is 0 Å².